The quantitative estimate of drug-likeness (QED) is 0.0186. The van der Waals surface area contributed by atoms with Crippen molar-refractivity contribution >= 4 is 70.3 Å². The summed E-state index contributed by atoms with van der Waals surface area (Å²) < 4.78 is 9.51. The first kappa shape index (κ1) is 90.1. The molecule has 10 N–H and O–H groups in total. The Morgan fingerprint density at radius 2 is 0.737 bits per heavy atom. The zero-order valence-electron chi connectivity index (χ0n) is 62.0. The first-order valence-electron chi connectivity index (χ1n) is 34.6. The van der Waals surface area contributed by atoms with Gasteiger partial charge in [-0.3, -0.25) is 43.2 Å². The van der Waals surface area contributed by atoms with E-state index in [2.05, 4.69) is 60.9 Å². The highest BCUT2D eigenvalue weighted by molar-refractivity contribution is 5.95. The Hall–Kier alpha value is -8.88. The van der Waals surface area contributed by atoms with Crippen LogP contribution in [-0.4, -0.2) is 97.8 Å². The standard InChI is InChI=1S/C17H23NO4.2C13H20N2O.2C13H19NO.C10H17NO4/c1-4-12(2)16(20)18-15(17(21)22-11-13(3)19)10-14-8-6-5-7-9-14;2*1-4-13(2,3)12(16)15-11-7-5-10(9-14)6-8-11;2*1-3-11(2)13(15)14-10-9-12-7-5-4-6-8-12;1-4-7(2)10(14)11-5-9(13)15-6-8(3)12/h5-9,12,15H,4,10-11H2,1-3H3,(H,18,20);2*5-8H,4,9,14H2,1-3H3,(H,15,16);2*4-8,11H,3,9-10H2,1-2H3,(H,14,15);7H,4-6H2,1-3H3,(H,11,14)/t12-,15?;;;2*11-;7-/m0..000/s1. The maximum absolute atomic E-state index is 12.1. The van der Waals surface area contributed by atoms with E-state index in [0.717, 1.165) is 79.7 Å². The second kappa shape index (κ2) is 51.3. The largest absolute Gasteiger partial charge is 0.456 e. The van der Waals surface area contributed by atoms with Crippen LogP contribution < -0.4 is 43.4 Å². The lowest BCUT2D eigenvalue weighted by Crippen LogP contribution is -2.45. The number of carbonyl (C=O) groups excluding carboxylic acids is 10. The Morgan fingerprint density at radius 1 is 0.414 bits per heavy atom. The minimum Gasteiger partial charge on any atom is -0.456 e. The second-order valence-electron chi connectivity index (χ2n) is 25.6. The van der Waals surface area contributed by atoms with E-state index in [0.29, 0.717) is 32.4 Å². The summed E-state index contributed by atoms with van der Waals surface area (Å²) in [5.74, 6) is -1.64. The summed E-state index contributed by atoms with van der Waals surface area (Å²) >= 11 is 0. The molecular weight excluding hydrogens is 1250 g/mol. The summed E-state index contributed by atoms with van der Waals surface area (Å²) in [6.45, 7) is 31.6. The predicted molar refractivity (Wildman–Crippen MR) is 397 cm³/mol. The number of carbonyl (C=O) groups is 10. The molecule has 1 unspecified atom stereocenters. The minimum absolute atomic E-state index is 0.0514. The molecule has 0 aliphatic carbocycles. The molecule has 0 aliphatic rings. The van der Waals surface area contributed by atoms with Crippen LogP contribution in [0, 0.1) is 34.5 Å². The first-order chi connectivity index (χ1) is 46.9. The summed E-state index contributed by atoms with van der Waals surface area (Å²) in [7, 11) is 0. The van der Waals surface area contributed by atoms with Gasteiger partial charge in [0.1, 0.15) is 25.8 Å². The van der Waals surface area contributed by atoms with Crippen molar-refractivity contribution in [2.45, 2.75) is 188 Å². The smallest absolute Gasteiger partial charge is 0.329 e. The Bertz CT molecular complexity index is 3010. The van der Waals surface area contributed by atoms with Gasteiger partial charge in [0.25, 0.3) is 0 Å². The lowest BCUT2D eigenvalue weighted by molar-refractivity contribution is -0.151. The molecule has 5 rings (SSSR count). The third-order valence-electron chi connectivity index (χ3n) is 16.4. The molecule has 99 heavy (non-hydrogen) atoms. The van der Waals surface area contributed by atoms with Crippen molar-refractivity contribution in [3.05, 3.63) is 167 Å². The number of nitrogens with two attached hydrogens (primary N) is 2. The number of ketones is 2. The van der Waals surface area contributed by atoms with Crippen LogP contribution in [0.2, 0.25) is 0 Å². The van der Waals surface area contributed by atoms with Crippen molar-refractivity contribution in [1.82, 2.24) is 21.3 Å². The topological polar surface area (TPSA) is 313 Å². The fraction of sp³-hybridized carbons (Fsp3) is 0.494. The monoisotopic (exact) mass is 1370 g/mol. The predicted octanol–water partition coefficient (Wildman–Crippen LogP) is 12.0. The van der Waals surface area contributed by atoms with Gasteiger partial charge in [-0.15, -0.1) is 0 Å². The molecule has 5 atom stereocenters. The highest BCUT2D eigenvalue weighted by Gasteiger charge is 2.27. The number of Topliss-reactive ketones (excluding diaryl/α,β-unsaturated/α-hetero) is 2. The number of nitrogens with one attached hydrogen (secondary N) is 6. The van der Waals surface area contributed by atoms with E-state index in [4.69, 9.17) is 16.2 Å². The van der Waals surface area contributed by atoms with E-state index in [1.165, 1.54) is 25.0 Å². The van der Waals surface area contributed by atoms with Gasteiger partial charge in [-0.1, -0.05) is 212 Å². The fourth-order valence-electron chi connectivity index (χ4n) is 7.61. The summed E-state index contributed by atoms with van der Waals surface area (Å²) in [6, 6.07) is 44.2. The van der Waals surface area contributed by atoms with Crippen molar-refractivity contribution in [3.63, 3.8) is 0 Å². The molecule has 0 bridgehead atoms. The van der Waals surface area contributed by atoms with E-state index >= 15 is 0 Å². The number of esters is 2. The fourth-order valence-corrected chi connectivity index (χ4v) is 7.61. The van der Waals surface area contributed by atoms with Crippen LogP contribution in [-0.2, 0) is 89.8 Å². The number of hydrogen-bond donors (Lipinski definition) is 8. The van der Waals surface area contributed by atoms with Gasteiger partial charge in [-0.05, 0) is 117 Å². The Balaban J connectivity index is 0.00000117. The van der Waals surface area contributed by atoms with Gasteiger partial charge in [-0.2, -0.15) is 0 Å². The minimum atomic E-state index is -0.789. The van der Waals surface area contributed by atoms with Crippen molar-refractivity contribution in [1.29, 1.82) is 0 Å². The Labute approximate surface area is 590 Å². The highest BCUT2D eigenvalue weighted by atomic mass is 16.5. The maximum Gasteiger partial charge on any atom is 0.329 e. The van der Waals surface area contributed by atoms with Crippen LogP contribution in [0.3, 0.4) is 0 Å². The summed E-state index contributed by atoms with van der Waals surface area (Å²) in [6.07, 6.45) is 6.99. The molecule has 0 saturated heterocycles. The number of hydrogen-bond acceptors (Lipinski definition) is 14. The first-order valence-corrected chi connectivity index (χ1v) is 34.6. The lowest BCUT2D eigenvalue weighted by atomic mass is 9.89. The number of ether oxygens (including phenoxy) is 2. The lowest BCUT2D eigenvalue weighted by Gasteiger charge is -2.21. The molecule has 20 heteroatoms. The molecule has 0 aromatic heterocycles. The van der Waals surface area contributed by atoms with Crippen LogP contribution in [0.1, 0.15) is 177 Å². The van der Waals surface area contributed by atoms with Crippen molar-refractivity contribution in [2.24, 2.45) is 46.0 Å². The van der Waals surface area contributed by atoms with E-state index in [-0.39, 0.29) is 101 Å². The van der Waals surface area contributed by atoms with Gasteiger partial charge in [0, 0.05) is 78.5 Å². The summed E-state index contributed by atoms with van der Waals surface area (Å²) in [5, 5.41) is 16.8. The Kier molecular flexibility index (Phi) is 46.7. The van der Waals surface area contributed by atoms with Crippen LogP contribution in [0.4, 0.5) is 11.4 Å². The average Bonchev–Trinajstić information content (AvgIpc) is 1.01. The number of rotatable bonds is 32. The number of benzene rings is 5. The van der Waals surface area contributed by atoms with Crippen LogP contribution in [0.5, 0.6) is 0 Å². The summed E-state index contributed by atoms with van der Waals surface area (Å²) in [5.41, 5.74) is 17.6. The molecule has 6 amide bonds. The third-order valence-corrected chi connectivity index (χ3v) is 16.4. The third kappa shape index (κ3) is 41.2. The van der Waals surface area contributed by atoms with Crippen molar-refractivity contribution in [3.8, 4) is 0 Å². The maximum atomic E-state index is 12.1. The molecule has 5 aromatic carbocycles. The van der Waals surface area contributed by atoms with Crippen molar-refractivity contribution in [2.75, 3.05) is 43.5 Å². The second-order valence-corrected chi connectivity index (χ2v) is 25.6. The normalized spacial score (nSPS) is 12.0. The molecule has 5 aromatic rings. The summed E-state index contributed by atoms with van der Waals surface area (Å²) in [4.78, 5) is 114. The van der Waals surface area contributed by atoms with E-state index < -0.39 is 18.0 Å². The number of anilines is 2. The molecule has 0 saturated carbocycles. The molecule has 0 aliphatic heterocycles. The van der Waals surface area contributed by atoms with Crippen molar-refractivity contribution < 1.29 is 57.4 Å². The van der Waals surface area contributed by atoms with E-state index in [9.17, 15) is 47.9 Å². The van der Waals surface area contributed by atoms with Crippen LogP contribution >= 0.6 is 0 Å². The molecule has 0 fully saturated rings. The molecule has 0 radical (unpaired) electrons. The van der Waals surface area contributed by atoms with Gasteiger partial charge in [0.15, 0.2) is 11.6 Å². The van der Waals surface area contributed by atoms with Crippen LogP contribution in [0.15, 0.2) is 140 Å². The van der Waals surface area contributed by atoms with Gasteiger partial charge < -0.3 is 52.8 Å². The zero-order chi connectivity index (χ0) is 74.9. The Morgan fingerprint density at radius 3 is 1.06 bits per heavy atom. The van der Waals surface area contributed by atoms with Gasteiger partial charge in [-0.25, -0.2) is 4.79 Å². The average molecular weight is 1370 g/mol. The molecule has 546 valence electrons. The highest BCUT2D eigenvalue weighted by Crippen LogP contribution is 2.24. The van der Waals surface area contributed by atoms with E-state index in [1.54, 1.807) is 13.8 Å². The van der Waals surface area contributed by atoms with E-state index in [1.807, 2.05) is 198 Å². The molecular formula is C79H118N8O12. The van der Waals surface area contributed by atoms with Gasteiger partial charge in [0.05, 0.1) is 0 Å². The van der Waals surface area contributed by atoms with Gasteiger partial charge >= 0.3 is 11.9 Å². The number of amides is 6. The molecule has 0 heterocycles. The zero-order valence-corrected chi connectivity index (χ0v) is 62.0. The van der Waals surface area contributed by atoms with Gasteiger partial charge in [0.2, 0.25) is 35.4 Å². The SMILES string of the molecule is CCC(C)(C)C(=O)Nc1ccc(CN)cc1.CCC(C)(C)C(=O)Nc1ccc(CN)cc1.CC[C@H](C)C(=O)NC(Cc1ccccc1)C(=O)OCC(C)=O.CC[C@H](C)C(=O)NCC(=O)OCC(C)=O.CC[C@H](C)C(=O)NCCc1ccccc1.CC[C@H](C)C(=O)NCCc1ccccc1. The molecule has 20 nitrogen and oxygen atoms in total. The van der Waals surface area contributed by atoms with Crippen LogP contribution in [0.25, 0.3) is 0 Å². The molecule has 0 spiro atoms.